The van der Waals surface area contributed by atoms with E-state index < -0.39 is 15.9 Å². The van der Waals surface area contributed by atoms with Crippen molar-refractivity contribution in [2.75, 3.05) is 12.4 Å². The minimum absolute atomic E-state index is 0.0132. The van der Waals surface area contributed by atoms with Crippen LogP contribution in [0.25, 0.3) is 0 Å². The van der Waals surface area contributed by atoms with E-state index in [0.29, 0.717) is 18.9 Å². The van der Waals surface area contributed by atoms with Gasteiger partial charge in [-0.15, -0.1) is 6.58 Å². The fourth-order valence-electron chi connectivity index (χ4n) is 7.56. The van der Waals surface area contributed by atoms with Crippen LogP contribution in [0.5, 0.6) is 0 Å². The third-order valence-corrected chi connectivity index (χ3v) is 10.7. The van der Waals surface area contributed by atoms with Gasteiger partial charge in [-0.3, -0.25) is 4.79 Å². The Morgan fingerprint density at radius 1 is 1.37 bits per heavy atom. The molecule has 0 aromatic carbocycles. The molecule has 0 N–H and O–H groups in total. The molecule has 1 amide bonds. The van der Waals surface area contributed by atoms with Crippen LogP contribution in [-0.4, -0.2) is 43.1 Å². The molecule has 0 radical (unpaired) electrons. The van der Waals surface area contributed by atoms with Crippen molar-refractivity contribution in [3.05, 3.63) is 12.7 Å². The Balaban J connectivity index is 1.63. The van der Waals surface area contributed by atoms with Crippen LogP contribution in [0.3, 0.4) is 0 Å². The lowest BCUT2D eigenvalue weighted by atomic mass is 9.66. The maximum atomic E-state index is 13.4. The summed E-state index contributed by atoms with van der Waals surface area (Å²) in [6, 6.07) is -0.151. The maximum Gasteiger partial charge on any atom is 0.241 e. The van der Waals surface area contributed by atoms with E-state index in [1.165, 1.54) is 10.7 Å². The van der Waals surface area contributed by atoms with E-state index in [2.05, 4.69) is 20.4 Å². The third kappa shape index (κ3) is 2.04. The number of carbonyl (C=O) groups excluding carboxylic acids is 1. The summed E-state index contributed by atoms with van der Waals surface area (Å²) >= 11 is 0. The van der Waals surface area contributed by atoms with Crippen molar-refractivity contribution in [2.45, 2.75) is 71.9 Å². The van der Waals surface area contributed by atoms with Crippen LogP contribution in [0.1, 0.15) is 59.8 Å². The number of hydrogen-bond donors (Lipinski definition) is 0. The zero-order chi connectivity index (χ0) is 19.8. The summed E-state index contributed by atoms with van der Waals surface area (Å²) in [4.78, 5) is 13.4. The predicted molar refractivity (Wildman–Crippen MR) is 104 cm³/mol. The largest absolute Gasteiger partial charge is 0.378 e. The van der Waals surface area contributed by atoms with E-state index in [9.17, 15) is 13.2 Å². The second kappa shape index (κ2) is 5.82. The van der Waals surface area contributed by atoms with Crippen molar-refractivity contribution in [2.24, 2.45) is 28.1 Å². The van der Waals surface area contributed by atoms with Crippen LogP contribution < -0.4 is 0 Å². The summed E-state index contributed by atoms with van der Waals surface area (Å²) in [6.07, 6.45) is 6.14. The van der Waals surface area contributed by atoms with Gasteiger partial charge in [-0.2, -0.15) is 0 Å². The molecule has 2 spiro atoms. The average molecular weight is 396 g/mol. The monoisotopic (exact) mass is 395 g/mol. The fourth-order valence-corrected chi connectivity index (χ4v) is 10.2. The summed E-state index contributed by atoms with van der Waals surface area (Å²) in [5, 5.41) is 0. The topological polar surface area (TPSA) is 63.7 Å². The fraction of sp³-hybridized carbons (Fsp3) is 0.857. The Hall–Kier alpha value is -0.880. The van der Waals surface area contributed by atoms with Crippen LogP contribution in [0.15, 0.2) is 12.7 Å². The standard InChI is InChI=1S/C21H33NO4S/c1-6-8-9-16(26-7-2)14(3)18(23)22-17-12-15-10-11-20(15)19(4,5)21(17,20)13-27(22,24)25/h6,14-17H,1,7-13H2,2-5H3/t14-,15?,16-,17+,20?,21-/m1/s1. The molecule has 4 rings (SSSR count). The highest BCUT2D eigenvalue weighted by atomic mass is 32.2. The first-order valence-electron chi connectivity index (χ1n) is 10.4. The van der Waals surface area contributed by atoms with Gasteiger partial charge in [0.05, 0.1) is 23.8 Å². The molecule has 4 fully saturated rings. The van der Waals surface area contributed by atoms with Gasteiger partial charge in [0.2, 0.25) is 15.9 Å². The van der Waals surface area contributed by atoms with Crippen molar-refractivity contribution in [3.63, 3.8) is 0 Å². The van der Waals surface area contributed by atoms with Gasteiger partial charge in [-0.05, 0) is 55.8 Å². The van der Waals surface area contributed by atoms with Gasteiger partial charge >= 0.3 is 0 Å². The molecule has 1 saturated heterocycles. The van der Waals surface area contributed by atoms with Gasteiger partial charge < -0.3 is 4.74 Å². The second-order valence-electron chi connectivity index (χ2n) is 9.59. The molecule has 1 heterocycles. The van der Waals surface area contributed by atoms with Gasteiger partial charge in [-0.1, -0.05) is 26.8 Å². The van der Waals surface area contributed by atoms with E-state index in [1.807, 2.05) is 19.9 Å². The number of carbonyl (C=O) groups is 1. The SMILES string of the molecule is C=CCC[C@@H](OCC)[C@@H](C)C(=O)N1[C@H]2CC3CCC34C(C)(C)[C@@]24CS1(=O)=O. The van der Waals surface area contributed by atoms with Crippen LogP contribution in [0, 0.1) is 28.1 Å². The molecule has 0 bridgehead atoms. The van der Waals surface area contributed by atoms with Crippen LogP contribution in [-0.2, 0) is 19.6 Å². The first-order valence-corrected chi connectivity index (χ1v) is 12.0. The van der Waals surface area contributed by atoms with Crippen molar-refractivity contribution in [3.8, 4) is 0 Å². The van der Waals surface area contributed by atoms with Crippen LogP contribution >= 0.6 is 0 Å². The predicted octanol–water partition coefficient (Wildman–Crippen LogP) is 3.36. The first kappa shape index (κ1) is 19.4. The molecular formula is C21H33NO4S. The molecule has 0 aromatic rings. The number of allylic oxidation sites excluding steroid dienone is 1. The van der Waals surface area contributed by atoms with Crippen LogP contribution in [0.2, 0.25) is 0 Å². The highest BCUT2D eigenvalue weighted by molar-refractivity contribution is 7.90. The molecule has 3 saturated carbocycles. The first-order chi connectivity index (χ1) is 12.6. The van der Waals surface area contributed by atoms with E-state index >= 15 is 0 Å². The quantitative estimate of drug-likeness (QED) is 0.620. The summed E-state index contributed by atoms with van der Waals surface area (Å²) < 4.78 is 33.4. The summed E-state index contributed by atoms with van der Waals surface area (Å²) in [5.74, 6) is 0.00460. The van der Waals surface area contributed by atoms with E-state index in [1.54, 1.807) is 0 Å². The Labute approximate surface area is 163 Å². The van der Waals surface area contributed by atoms with E-state index in [-0.39, 0.29) is 40.1 Å². The maximum absolute atomic E-state index is 13.4. The normalized spacial score (nSPS) is 41.7. The summed E-state index contributed by atoms with van der Waals surface area (Å²) in [5.41, 5.74) is -0.0587. The Morgan fingerprint density at radius 2 is 2.07 bits per heavy atom. The van der Waals surface area contributed by atoms with Gasteiger partial charge in [0.15, 0.2) is 0 Å². The molecule has 0 aromatic heterocycles. The highest BCUT2D eigenvalue weighted by Gasteiger charge is 2.95. The molecule has 6 heteroatoms. The molecule has 2 unspecified atom stereocenters. The number of hydrogen-bond acceptors (Lipinski definition) is 4. The number of rotatable bonds is 7. The van der Waals surface area contributed by atoms with Gasteiger partial charge in [-0.25, -0.2) is 12.7 Å². The minimum Gasteiger partial charge on any atom is -0.378 e. The molecule has 27 heavy (non-hydrogen) atoms. The number of nitrogens with zero attached hydrogens (tertiary/aromatic N) is 1. The Kier molecular flexibility index (Phi) is 4.19. The lowest BCUT2D eigenvalue weighted by Crippen LogP contribution is -2.46. The lowest BCUT2D eigenvalue weighted by molar-refractivity contribution is -0.137. The average Bonchev–Trinajstić information content (AvgIpc) is 2.77. The molecule has 4 aliphatic rings. The van der Waals surface area contributed by atoms with Crippen molar-refractivity contribution < 1.29 is 17.9 Å². The smallest absolute Gasteiger partial charge is 0.241 e. The molecule has 3 aliphatic carbocycles. The van der Waals surface area contributed by atoms with Crippen molar-refractivity contribution in [1.82, 2.24) is 4.31 Å². The number of ether oxygens (including phenoxy) is 1. The Bertz CT molecular complexity index is 775. The van der Waals surface area contributed by atoms with Gasteiger partial charge in [0, 0.05) is 12.0 Å². The highest BCUT2D eigenvalue weighted by Crippen LogP contribution is 2.94. The molecule has 1 aliphatic heterocycles. The third-order valence-electron chi connectivity index (χ3n) is 8.82. The summed E-state index contributed by atoms with van der Waals surface area (Å²) in [6.45, 7) is 12.4. The zero-order valence-corrected chi connectivity index (χ0v) is 17.8. The van der Waals surface area contributed by atoms with Gasteiger partial charge in [0.1, 0.15) is 0 Å². The van der Waals surface area contributed by atoms with Crippen LogP contribution in [0.4, 0.5) is 0 Å². The summed E-state index contributed by atoms with van der Waals surface area (Å²) in [7, 11) is -3.57. The Morgan fingerprint density at radius 3 is 2.59 bits per heavy atom. The van der Waals surface area contributed by atoms with E-state index in [0.717, 1.165) is 19.3 Å². The molecule has 5 nitrogen and oxygen atoms in total. The molecule has 6 atom stereocenters. The number of sulfonamides is 1. The van der Waals surface area contributed by atoms with Crippen molar-refractivity contribution in [1.29, 1.82) is 0 Å². The van der Waals surface area contributed by atoms with Crippen molar-refractivity contribution >= 4 is 15.9 Å². The van der Waals surface area contributed by atoms with Gasteiger partial charge in [0.25, 0.3) is 0 Å². The second-order valence-corrected chi connectivity index (χ2v) is 11.4. The lowest BCUT2D eigenvalue weighted by Gasteiger charge is -2.39. The molecule has 152 valence electrons. The zero-order valence-electron chi connectivity index (χ0n) is 17.0. The minimum atomic E-state index is -3.57. The number of amides is 1. The van der Waals surface area contributed by atoms with E-state index in [4.69, 9.17) is 4.74 Å². The molecular weight excluding hydrogens is 362 g/mol.